The summed E-state index contributed by atoms with van der Waals surface area (Å²) in [6.45, 7) is 0.370. The Morgan fingerprint density at radius 1 is 1.06 bits per heavy atom. The van der Waals surface area contributed by atoms with Gasteiger partial charge < -0.3 is 19.7 Å². The van der Waals surface area contributed by atoms with Gasteiger partial charge in [-0.15, -0.1) is 0 Å². The first-order valence-corrected chi connectivity index (χ1v) is 9.84. The minimum Gasteiger partial charge on any atom is -0.497 e. The van der Waals surface area contributed by atoms with Crippen molar-refractivity contribution in [1.82, 2.24) is 15.3 Å². The molecule has 1 unspecified atom stereocenters. The van der Waals surface area contributed by atoms with E-state index in [0.717, 1.165) is 5.01 Å². The highest BCUT2D eigenvalue weighted by atomic mass is 19.1. The van der Waals surface area contributed by atoms with E-state index in [1.165, 1.54) is 31.3 Å². The van der Waals surface area contributed by atoms with E-state index in [9.17, 15) is 18.8 Å². The first-order valence-electron chi connectivity index (χ1n) is 9.84. The molecule has 3 amide bonds. The summed E-state index contributed by atoms with van der Waals surface area (Å²) in [5, 5.41) is 3.65. The highest BCUT2D eigenvalue weighted by Gasteiger charge is 2.45. The van der Waals surface area contributed by atoms with Crippen molar-refractivity contribution in [3.8, 4) is 11.5 Å². The fraction of sp³-hybridized carbons (Fsp3) is 0.286. The number of benzene rings is 2. The summed E-state index contributed by atoms with van der Waals surface area (Å²) in [7, 11) is 2.97. The van der Waals surface area contributed by atoms with Gasteiger partial charge in [-0.2, -0.15) is 5.43 Å². The highest BCUT2D eigenvalue weighted by Crippen LogP contribution is 2.29. The number of carbonyl (C=O) groups is 3. The average Bonchev–Trinajstić information content (AvgIpc) is 3.22. The van der Waals surface area contributed by atoms with Crippen molar-refractivity contribution in [2.24, 2.45) is 0 Å². The van der Waals surface area contributed by atoms with E-state index >= 15 is 0 Å². The quantitative estimate of drug-likeness (QED) is 0.636. The lowest BCUT2D eigenvalue weighted by Crippen LogP contribution is -2.68. The minimum absolute atomic E-state index is 0.322. The summed E-state index contributed by atoms with van der Waals surface area (Å²) in [6.07, 6.45) is -0.672. The molecule has 2 heterocycles. The van der Waals surface area contributed by atoms with Crippen LogP contribution in [0.3, 0.4) is 0 Å². The maximum absolute atomic E-state index is 13.3. The van der Waals surface area contributed by atoms with Crippen LogP contribution in [0.1, 0.15) is 0 Å². The van der Waals surface area contributed by atoms with Crippen LogP contribution < -0.4 is 25.1 Å². The first-order chi connectivity index (χ1) is 15.4. The van der Waals surface area contributed by atoms with Crippen molar-refractivity contribution in [3.63, 3.8) is 0 Å². The Labute approximate surface area is 183 Å². The second-order valence-electron chi connectivity index (χ2n) is 7.18. The summed E-state index contributed by atoms with van der Waals surface area (Å²) >= 11 is 0. The fourth-order valence-electron chi connectivity index (χ4n) is 3.67. The molecule has 10 nitrogen and oxygen atoms in total. The van der Waals surface area contributed by atoms with E-state index in [0.29, 0.717) is 36.0 Å². The Hall–Kier alpha value is -3.86. The largest absolute Gasteiger partial charge is 0.497 e. The molecule has 2 saturated heterocycles. The van der Waals surface area contributed by atoms with Crippen molar-refractivity contribution >= 4 is 29.1 Å². The predicted octanol–water partition coefficient (Wildman–Crippen LogP) is 0.761. The molecular weight excluding hydrogens is 421 g/mol. The van der Waals surface area contributed by atoms with Crippen LogP contribution in [-0.2, 0) is 14.4 Å². The number of nitrogens with one attached hydrogen (secondary N) is 2. The average molecular weight is 443 g/mol. The lowest BCUT2D eigenvalue weighted by molar-refractivity contribution is -0.163. The van der Waals surface area contributed by atoms with E-state index in [2.05, 4.69) is 10.7 Å². The standard InChI is InChI=1S/C21H22FN5O5/c1-31-15-7-8-16(17(11-15)32-2)23-18(28)12-27-20(30)19(29)26-10-9-25(21(26)24-27)14-5-3-13(22)4-6-14/h3-8,11,21,24H,9-10,12H2,1-2H3,(H,23,28). The summed E-state index contributed by atoms with van der Waals surface area (Å²) < 4.78 is 23.7. The Kier molecular flexibility index (Phi) is 5.82. The lowest BCUT2D eigenvalue weighted by atomic mass is 10.2. The van der Waals surface area contributed by atoms with Gasteiger partial charge in [-0.05, 0) is 36.4 Å². The third-order valence-electron chi connectivity index (χ3n) is 5.28. The molecule has 0 saturated carbocycles. The van der Waals surface area contributed by atoms with Crippen LogP contribution in [0.5, 0.6) is 11.5 Å². The van der Waals surface area contributed by atoms with Gasteiger partial charge in [0, 0.05) is 24.8 Å². The van der Waals surface area contributed by atoms with Crippen LogP contribution in [0, 0.1) is 5.82 Å². The third-order valence-corrected chi connectivity index (χ3v) is 5.28. The number of hydrogen-bond acceptors (Lipinski definition) is 7. The van der Waals surface area contributed by atoms with Crippen molar-refractivity contribution in [3.05, 3.63) is 48.3 Å². The Morgan fingerprint density at radius 3 is 2.47 bits per heavy atom. The van der Waals surface area contributed by atoms with Gasteiger partial charge in [-0.1, -0.05) is 0 Å². The fourth-order valence-corrected chi connectivity index (χ4v) is 3.67. The van der Waals surface area contributed by atoms with Crippen molar-refractivity contribution in [2.45, 2.75) is 6.29 Å². The van der Waals surface area contributed by atoms with Gasteiger partial charge in [0.05, 0.1) is 19.9 Å². The Balaban J connectivity index is 1.48. The van der Waals surface area contributed by atoms with Gasteiger partial charge in [-0.3, -0.25) is 24.3 Å². The number of nitrogens with zero attached hydrogens (tertiary/aromatic N) is 3. The maximum Gasteiger partial charge on any atom is 0.326 e. The van der Waals surface area contributed by atoms with Crippen LogP contribution in [0.4, 0.5) is 15.8 Å². The van der Waals surface area contributed by atoms with Crippen molar-refractivity contribution in [2.75, 3.05) is 44.1 Å². The molecule has 2 aliphatic rings. The summed E-state index contributed by atoms with van der Waals surface area (Å²) in [6, 6.07) is 10.7. The number of hydrazine groups is 1. The highest BCUT2D eigenvalue weighted by molar-refractivity contribution is 6.35. The molecule has 2 fully saturated rings. The lowest BCUT2D eigenvalue weighted by Gasteiger charge is -2.40. The zero-order valence-corrected chi connectivity index (χ0v) is 17.5. The second-order valence-corrected chi connectivity index (χ2v) is 7.18. The number of halogens is 1. The SMILES string of the molecule is COc1ccc(NC(=O)CN2NC3N(CCN3c3ccc(F)cc3)C(=O)C2=O)c(OC)c1. The number of rotatable bonds is 6. The zero-order chi connectivity index (χ0) is 22.8. The molecule has 0 bridgehead atoms. The number of amides is 3. The second kappa shape index (κ2) is 8.71. The van der Waals surface area contributed by atoms with Gasteiger partial charge in [-0.25, -0.2) is 4.39 Å². The number of methoxy groups -OCH3 is 2. The predicted molar refractivity (Wildman–Crippen MR) is 112 cm³/mol. The van der Waals surface area contributed by atoms with Crippen molar-refractivity contribution < 1.29 is 28.2 Å². The number of carbonyl (C=O) groups excluding carboxylic acids is 3. The van der Waals surface area contributed by atoms with Gasteiger partial charge in [0.15, 0.2) is 6.29 Å². The van der Waals surface area contributed by atoms with Crippen molar-refractivity contribution in [1.29, 1.82) is 0 Å². The molecule has 0 spiro atoms. The van der Waals surface area contributed by atoms with Gasteiger partial charge in [0.25, 0.3) is 0 Å². The molecular formula is C21H22FN5O5. The molecule has 11 heteroatoms. The van der Waals surface area contributed by atoms with E-state index in [4.69, 9.17) is 9.47 Å². The van der Waals surface area contributed by atoms with E-state index in [-0.39, 0.29) is 5.82 Å². The van der Waals surface area contributed by atoms with Crippen LogP contribution in [0.2, 0.25) is 0 Å². The van der Waals surface area contributed by atoms with E-state index < -0.39 is 30.6 Å². The molecule has 0 radical (unpaired) electrons. The van der Waals surface area contributed by atoms with Crippen LogP contribution in [0.15, 0.2) is 42.5 Å². The molecule has 1 atom stereocenters. The molecule has 168 valence electrons. The monoisotopic (exact) mass is 443 g/mol. The topological polar surface area (TPSA) is 103 Å². The van der Waals surface area contributed by atoms with Crippen LogP contribution in [-0.4, -0.2) is 67.8 Å². The Morgan fingerprint density at radius 2 is 1.78 bits per heavy atom. The molecule has 2 aliphatic heterocycles. The summed E-state index contributed by atoms with van der Waals surface area (Å²) in [5.74, 6) is -1.51. The molecule has 0 aromatic heterocycles. The van der Waals surface area contributed by atoms with E-state index in [1.54, 1.807) is 30.3 Å². The number of ether oxygens (including phenoxy) is 2. The van der Waals surface area contributed by atoms with Gasteiger partial charge >= 0.3 is 11.8 Å². The number of hydrogen-bond donors (Lipinski definition) is 2. The summed E-state index contributed by atoms with van der Waals surface area (Å²) in [5.41, 5.74) is 4.01. The number of fused-ring (bicyclic) bond motifs is 1. The third kappa shape index (κ3) is 4.02. The van der Waals surface area contributed by atoms with Gasteiger partial charge in [0.1, 0.15) is 23.9 Å². The molecule has 2 aromatic rings. The molecule has 2 aromatic carbocycles. The first kappa shape index (κ1) is 21.4. The van der Waals surface area contributed by atoms with E-state index in [1.807, 2.05) is 4.90 Å². The summed E-state index contributed by atoms with van der Waals surface area (Å²) in [4.78, 5) is 41.0. The van der Waals surface area contributed by atoms with Crippen LogP contribution >= 0.6 is 0 Å². The van der Waals surface area contributed by atoms with Crippen LogP contribution in [0.25, 0.3) is 0 Å². The molecule has 0 aliphatic carbocycles. The minimum atomic E-state index is -0.834. The smallest absolute Gasteiger partial charge is 0.326 e. The Bertz CT molecular complexity index is 1050. The molecule has 4 rings (SSSR count). The molecule has 2 N–H and O–H groups in total. The number of anilines is 2. The molecule has 32 heavy (non-hydrogen) atoms. The normalized spacial score (nSPS) is 18.0. The maximum atomic E-state index is 13.3. The van der Waals surface area contributed by atoms with Gasteiger partial charge in [0.2, 0.25) is 5.91 Å². The zero-order valence-electron chi connectivity index (χ0n) is 17.5.